The average molecular weight is 439 g/mol. The van der Waals surface area contributed by atoms with Crippen molar-refractivity contribution in [2.75, 3.05) is 6.61 Å². The normalized spacial score (nSPS) is 19.9. The minimum Gasteiger partial charge on any atom is -0.494 e. The number of rotatable bonds is 4. The van der Waals surface area contributed by atoms with Crippen molar-refractivity contribution in [2.45, 2.75) is 19.2 Å². The summed E-state index contributed by atoms with van der Waals surface area (Å²) in [4.78, 5) is 0. The summed E-state index contributed by atoms with van der Waals surface area (Å²) < 4.78 is 11.9. The van der Waals surface area contributed by atoms with Crippen molar-refractivity contribution >= 4 is 28.9 Å². The molecule has 2 aliphatic heterocycles. The molecule has 2 unspecified atom stereocenters. The van der Waals surface area contributed by atoms with Crippen molar-refractivity contribution in [2.24, 2.45) is 0 Å². The predicted molar refractivity (Wildman–Crippen MR) is 120 cm³/mol. The standard InChI is InChI=1S/C24H20Cl2N2O2/c1-2-29-19-9-6-15(7-10-19)21-14-22-20-13-18(26)8-11-23(20)30-24(28(22)27-21)16-4-3-5-17(25)12-16/h3-14,22,24,27H,2H2,1H3. The van der Waals surface area contributed by atoms with Gasteiger partial charge in [-0.3, -0.25) is 0 Å². The number of hydrogen-bond acceptors (Lipinski definition) is 4. The van der Waals surface area contributed by atoms with Gasteiger partial charge in [-0.25, -0.2) is 0 Å². The molecule has 0 aliphatic carbocycles. The maximum Gasteiger partial charge on any atom is 0.196 e. The zero-order valence-electron chi connectivity index (χ0n) is 16.3. The van der Waals surface area contributed by atoms with Crippen molar-refractivity contribution in [3.05, 3.63) is 99.5 Å². The molecule has 2 atom stereocenters. The van der Waals surface area contributed by atoms with E-state index in [1.165, 1.54) is 0 Å². The van der Waals surface area contributed by atoms with Crippen LogP contribution >= 0.6 is 23.2 Å². The molecular formula is C24H20Cl2N2O2. The Hall–Kier alpha value is -2.66. The Kier molecular flexibility index (Phi) is 5.07. The van der Waals surface area contributed by atoms with E-state index in [2.05, 4.69) is 28.6 Å². The van der Waals surface area contributed by atoms with Gasteiger partial charge in [-0.05, 0) is 73.2 Å². The van der Waals surface area contributed by atoms with Crippen LogP contribution < -0.4 is 14.9 Å². The molecule has 5 rings (SSSR count). The molecule has 0 radical (unpaired) electrons. The Labute approximate surface area is 185 Å². The molecular weight excluding hydrogens is 419 g/mol. The van der Waals surface area contributed by atoms with Crippen LogP contribution in [0.25, 0.3) is 5.70 Å². The lowest BCUT2D eigenvalue weighted by Gasteiger charge is -2.39. The van der Waals surface area contributed by atoms with Gasteiger partial charge < -0.3 is 14.9 Å². The Bertz CT molecular complexity index is 1110. The summed E-state index contributed by atoms with van der Waals surface area (Å²) in [6.45, 7) is 2.62. The molecule has 3 aromatic rings. The smallest absolute Gasteiger partial charge is 0.196 e. The third kappa shape index (κ3) is 3.52. The molecule has 2 aliphatic rings. The third-order valence-corrected chi connectivity index (χ3v) is 5.74. The molecule has 0 fully saturated rings. The van der Waals surface area contributed by atoms with E-state index in [0.717, 1.165) is 33.9 Å². The summed E-state index contributed by atoms with van der Waals surface area (Å²) in [5.74, 6) is 1.67. The van der Waals surface area contributed by atoms with E-state index >= 15 is 0 Å². The van der Waals surface area contributed by atoms with Gasteiger partial charge in [-0.2, -0.15) is 5.01 Å². The number of fused-ring (bicyclic) bond motifs is 3. The van der Waals surface area contributed by atoms with Gasteiger partial charge in [0.05, 0.1) is 18.3 Å². The fourth-order valence-corrected chi connectivity index (χ4v) is 4.29. The highest BCUT2D eigenvalue weighted by Gasteiger charge is 2.40. The van der Waals surface area contributed by atoms with E-state index < -0.39 is 0 Å². The van der Waals surface area contributed by atoms with Gasteiger partial charge in [0.25, 0.3) is 0 Å². The first-order valence-electron chi connectivity index (χ1n) is 9.84. The van der Waals surface area contributed by atoms with Crippen LogP contribution in [0.1, 0.15) is 35.9 Å². The van der Waals surface area contributed by atoms with Crippen LogP contribution in [0.15, 0.2) is 72.8 Å². The fraction of sp³-hybridized carbons (Fsp3) is 0.167. The van der Waals surface area contributed by atoms with Crippen LogP contribution in [0.3, 0.4) is 0 Å². The lowest BCUT2D eigenvalue weighted by atomic mass is 10.0. The summed E-state index contributed by atoms with van der Waals surface area (Å²) in [7, 11) is 0. The topological polar surface area (TPSA) is 33.7 Å². The molecule has 152 valence electrons. The summed E-state index contributed by atoms with van der Waals surface area (Å²) in [5.41, 5.74) is 7.60. The first kappa shape index (κ1) is 19.3. The molecule has 30 heavy (non-hydrogen) atoms. The monoisotopic (exact) mass is 438 g/mol. The molecule has 0 saturated heterocycles. The van der Waals surface area contributed by atoms with Crippen molar-refractivity contribution in [3.8, 4) is 11.5 Å². The number of hydrogen-bond donors (Lipinski definition) is 1. The third-order valence-electron chi connectivity index (χ3n) is 5.27. The highest BCUT2D eigenvalue weighted by molar-refractivity contribution is 6.31. The minimum absolute atomic E-state index is 0.0296. The summed E-state index contributed by atoms with van der Waals surface area (Å²) in [5, 5.41) is 3.45. The van der Waals surface area contributed by atoms with E-state index in [4.69, 9.17) is 32.7 Å². The Morgan fingerprint density at radius 3 is 2.57 bits per heavy atom. The Morgan fingerprint density at radius 1 is 1.00 bits per heavy atom. The molecule has 1 N–H and O–H groups in total. The highest BCUT2D eigenvalue weighted by Crippen LogP contribution is 2.46. The van der Waals surface area contributed by atoms with Crippen LogP contribution in [0.4, 0.5) is 0 Å². The second-order valence-corrected chi connectivity index (χ2v) is 8.08. The lowest BCUT2D eigenvalue weighted by Crippen LogP contribution is -2.43. The van der Waals surface area contributed by atoms with E-state index in [1.807, 2.05) is 61.5 Å². The second-order valence-electron chi connectivity index (χ2n) is 7.21. The minimum atomic E-state index is -0.334. The summed E-state index contributed by atoms with van der Waals surface area (Å²) in [6, 6.07) is 21.5. The van der Waals surface area contributed by atoms with Gasteiger partial charge in [-0.15, -0.1) is 0 Å². The molecule has 4 nitrogen and oxygen atoms in total. The van der Waals surface area contributed by atoms with Gasteiger partial charge >= 0.3 is 0 Å². The number of nitrogens with one attached hydrogen (secondary N) is 1. The average Bonchev–Trinajstić information content (AvgIpc) is 3.20. The van der Waals surface area contributed by atoms with Gasteiger partial charge in [0.15, 0.2) is 6.23 Å². The lowest BCUT2D eigenvalue weighted by molar-refractivity contribution is -0.0326. The predicted octanol–water partition coefficient (Wildman–Crippen LogP) is 6.39. The second kappa shape index (κ2) is 7.88. The molecule has 6 heteroatoms. The van der Waals surface area contributed by atoms with Crippen molar-refractivity contribution in [1.29, 1.82) is 0 Å². The van der Waals surface area contributed by atoms with Crippen LogP contribution in [0, 0.1) is 0 Å². The maximum absolute atomic E-state index is 6.37. The molecule has 0 aromatic heterocycles. The van der Waals surface area contributed by atoms with Crippen molar-refractivity contribution in [1.82, 2.24) is 10.4 Å². The number of ether oxygens (including phenoxy) is 2. The number of hydrazine groups is 1. The molecule has 2 heterocycles. The molecule has 0 bridgehead atoms. The van der Waals surface area contributed by atoms with Gasteiger partial charge in [0.1, 0.15) is 11.5 Å². The quantitative estimate of drug-likeness (QED) is 0.511. The molecule has 3 aromatic carbocycles. The first-order valence-corrected chi connectivity index (χ1v) is 10.6. The zero-order chi connectivity index (χ0) is 20.7. The van der Waals surface area contributed by atoms with Crippen molar-refractivity contribution in [3.63, 3.8) is 0 Å². The van der Waals surface area contributed by atoms with Gasteiger partial charge in [0.2, 0.25) is 0 Å². The molecule has 0 amide bonds. The largest absolute Gasteiger partial charge is 0.494 e. The van der Waals surface area contributed by atoms with Crippen LogP contribution in [0.5, 0.6) is 11.5 Å². The number of benzene rings is 3. The van der Waals surface area contributed by atoms with Gasteiger partial charge in [-0.1, -0.05) is 35.3 Å². The Morgan fingerprint density at radius 2 is 1.80 bits per heavy atom. The van der Waals surface area contributed by atoms with E-state index in [9.17, 15) is 0 Å². The fourth-order valence-electron chi connectivity index (χ4n) is 3.91. The van der Waals surface area contributed by atoms with Crippen LogP contribution in [-0.4, -0.2) is 11.6 Å². The van der Waals surface area contributed by atoms with E-state index in [-0.39, 0.29) is 12.3 Å². The highest BCUT2D eigenvalue weighted by atomic mass is 35.5. The Balaban J connectivity index is 1.54. The summed E-state index contributed by atoms with van der Waals surface area (Å²) in [6.07, 6.45) is 1.86. The zero-order valence-corrected chi connectivity index (χ0v) is 17.8. The van der Waals surface area contributed by atoms with E-state index in [0.29, 0.717) is 16.7 Å². The summed E-state index contributed by atoms with van der Waals surface area (Å²) >= 11 is 12.6. The van der Waals surface area contributed by atoms with E-state index in [1.54, 1.807) is 0 Å². The van der Waals surface area contributed by atoms with Crippen molar-refractivity contribution < 1.29 is 9.47 Å². The first-order chi connectivity index (χ1) is 14.6. The maximum atomic E-state index is 6.37. The molecule has 0 saturated carbocycles. The number of nitrogens with zero attached hydrogens (tertiary/aromatic N) is 1. The van der Waals surface area contributed by atoms with Gasteiger partial charge in [0, 0.05) is 21.2 Å². The molecule has 0 spiro atoms. The SMILES string of the molecule is CCOc1ccc(C2=CC3c4cc(Cl)ccc4OC(c4cccc(Cl)c4)N3N2)cc1. The van der Waals surface area contributed by atoms with Crippen LogP contribution in [-0.2, 0) is 0 Å². The van der Waals surface area contributed by atoms with Crippen LogP contribution in [0.2, 0.25) is 10.0 Å². The number of halogens is 2.